The molecule has 5 heteroatoms. The molecule has 32 heavy (non-hydrogen) atoms. The van der Waals surface area contributed by atoms with E-state index in [9.17, 15) is 9.90 Å². The number of fused-ring (bicyclic) bond motifs is 1. The summed E-state index contributed by atoms with van der Waals surface area (Å²) in [6, 6.07) is 17.9. The minimum Gasteiger partial charge on any atom is -0.497 e. The summed E-state index contributed by atoms with van der Waals surface area (Å²) in [5, 5.41) is 15.4. The molecular weight excluding hydrogens is 400 g/mol. The van der Waals surface area contributed by atoms with Gasteiger partial charge in [-0.2, -0.15) is 0 Å². The summed E-state index contributed by atoms with van der Waals surface area (Å²) in [6.07, 6.45) is 6.69. The van der Waals surface area contributed by atoms with E-state index in [1.165, 1.54) is 0 Å². The van der Waals surface area contributed by atoms with Crippen LogP contribution in [0, 0.1) is 11.8 Å². The molecule has 2 saturated carbocycles. The van der Waals surface area contributed by atoms with E-state index in [0.717, 1.165) is 68.5 Å². The molecule has 0 radical (unpaired) electrons. The highest BCUT2D eigenvalue weighted by Crippen LogP contribution is 2.49. The van der Waals surface area contributed by atoms with Crippen molar-refractivity contribution in [2.75, 3.05) is 25.5 Å². The normalized spacial score (nSPS) is 28.9. The molecule has 3 aliphatic rings. The van der Waals surface area contributed by atoms with Gasteiger partial charge in [0.25, 0.3) is 0 Å². The number of rotatable bonds is 5. The maximum absolute atomic E-state index is 13.9. The van der Waals surface area contributed by atoms with Gasteiger partial charge < -0.3 is 20.1 Å². The van der Waals surface area contributed by atoms with E-state index in [4.69, 9.17) is 4.74 Å². The number of aliphatic hydroxyl groups is 1. The van der Waals surface area contributed by atoms with Crippen LogP contribution >= 0.6 is 0 Å². The number of carbonyl (C=O) groups excluding carboxylic acids is 1. The van der Waals surface area contributed by atoms with Crippen LogP contribution < -0.4 is 10.1 Å². The fraction of sp³-hybridized carbons (Fsp3) is 0.519. The Morgan fingerprint density at radius 1 is 1.00 bits per heavy atom. The van der Waals surface area contributed by atoms with E-state index >= 15 is 0 Å². The minimum atomic E-state index is -0.842. The van der Waals surface area contributed by atoms with E-state index < -0.39 is 11.1 Å². The molecule has 0 bridgehead atoms. The zero-order valence-electron chi connectivity index (χ0n) is 18.9. The lowest BCUT2D eigenvalue weighted by atomic mass is 9.67. The number of amides is 1. The third-order valence-electron chi connectivity index (χ3n) is 8.09. The fourth-order valence-corrected chi connectivity index (χ4v) is 6.40. The van der Waals surface area contributed by atoms with Crippen molar-refractivity contribution in [2.24, 2.45) is 11.8 Å². The predicted molar refractivity (Wildman–Crippen MR) is 126 cm³/mol. The standard InChI is InChI=1S/C27H34N2O3/c1-32-23-13-11-22(12-14-23)28-26(15-5-6-16-26)25(30)29-18-20-8-7-17-27(31,24(20)19-29)21-9-3-2-4-10-21/h2-4,9-14,20,24,28,31H,5-8,15-19H2,1H3/t20-,24+,27+/m1/s1. The van der Waals surface area contributed by atoms with Crippen LogP contribution in [-0.4, -0.2) is 41.7 Å². The lowest BCUT2D eigenvalue weighted by molar-refractivity contribution is -0.135. The smallest absolute Gasteiger partial charge is 0.248 e. The molecule has 2 aliphatic carbocycles. The quantitative estimate of drug-likeness (QED) is 0.724. The highest BCUT2D eigenvalue weighted by Gasteiger charge is 2.53. The Kier molecular flexibility index (Phi) is 5.62. The number of benzene rings is 2. The van der Waals surface area contributed by atoms with Crippen LogP contribution in [0.15, 0.2) is 54.6 Å². The Hall–Kier alpha value is -2.53. The van der Waals surface area contributed by atoms with Gasteiger partial charge in [0, 0.05) is 24.7 Å². The summed E-state index contributed by atoms with van der Waals surface area (Å²) in [5.74, 6) is 1.47. The second-order valence-corrected chi connectivity index (χ2v) is 9.90. The van der Waals surface area contributed by atoms with Crippen LogP contribution in [0.5, 0.6) is 5.75 Å². The van der Waals surface area contributed by atoms with Gasteiger partial charge in [0.2, 0.25) is 5.91 Å². The van der Waals surface area contributed by atoms with Gasteiger partial charge in [-0.15, -0.1) is 0 Å². The van der Waals surface area contributed by atoms with E-state index in [2.05, 4.69) is 10.2 Å². The lowest BCUT2D eigenvalue weighted by Gasteiger charge is -2.41. The summed E-state index contributed by atoms with van der Waals surface area (Å²) < 4.78 is 5.28. The van der Waals surface area contributed by atoms with Crippen molar-refractivity contribution in [3.63, 3.8) is 0 Å². The van der Waals surface area contributed by atoms with E-state index in [0.29, 0.717) is 12.5 Å². The first-order valence-electron chi connectivity index (χ1n) is 12.0. The summed E-state index contributed by atoms with van der Waals surface area (Å²) >= 11 is 0. The molecule has 1 saturated heterocycles. The molecule has 5 nitrogen and oxygen atoms in total. The number of hydrogen-bond acceptors (Lipinski definition) is 4. The van der Waals surface area contributed by atoms with Crippen LogP contribution in [0.25, 0.3) is 0 Å². The van der Waals surface area contributed by atoms with Gasteiger partial charge in [0.05, 0.1) is 12.7 Å². The number of anilines is 1. The Labute approximate surface area is 190 Å². The molecular formula is C27H34N2O3. The number of methoxy groups -OCH3 is 1. The second kappa shape index (κ2) is 8.43. The van der Waals surface area contributed by atoms with Crippen molar-refractivity contribution >= 4 is 11.6 Å². The molecule has 170 valence electrons. The van der Waals surface area contributed by atoms with Crippen LogP contribution in [0.1, 0.15) is 50.5 Å². The van der Waals surface area contributed by atoms with E-state index in [1.807, 2.05) is 54.6 Å². The number of nitrogens with one attached hydrogen (secondary N) is 1. The lowest BCUT2D eigenvalue weighted by Crippen LogP contribution is -2.52. The molecule has 1 heterocycles. The van der Waals surface area contributed by atoms with Crippen LogP contribution in [0.2, 0.25) is 0 Å². The number of likely N-dealkylation sites (tertiary alicyclic amines) is 1. The first-order valence-corrected chi connectivity index (χ1v) is 12.0. The van der Waals surface area contributed by atoms with Gasteiger partial charge in [-0.3, -0.25) is 4.79 Å². The zero-order valence-corrected chi connectivity index (χ0v) is 18.9. The van der Waals surface area contributed by atoms with Gasteiger partial charge in [0.1, 0.15) is 11.3 Å². The molecule has 3 fully saturated rings. The predicted octanol–water partition coefficient (Wildman–Crippen LogP) is 4.57. The van der Waals surface area contributed by atoms with Crippen molar-refractivity contribution in [3.05, 3.63) is 60.2 Å². The zero-order chi connectivity index (χ0) is 22.2. The number of carbonyl (C=O) groups is 1. The average molecular weight is 435 g/mol. The first kappa shape index (κ1) is 21.3. The van der Waals surface area contributed by atoms with Gasteiger partial charge in [-0.1, -0.05) is 43.2 Å². The number of nitrogens with zero attached hydrogens (tertiary/aromatic N) is 1. The molecule has 2 N–H and O–H groups in total. The Morgan fingerprint density at radius 3 is 2.41 bits per heavy atom. The highest BCUT2D eigenvalue weighted by atomic mass is 16.5. The third-order valence-corrected chi connectivity index (χ3v) is 8.09. The third kappa shape index (κ3) is 3.66. The molecule has 0 unspecified atom stereocenters. The van der Waals surface area contributed by atoms with Gasteiger partial charge in [0.15, 0.2) is 0 Å². The fourth-order valence-electron chi connectivity index (χ4n) is 6.40. The molecule has 0 aromatic heterocycles. The SMILES string of the molecule is COc1ccc(NC2(C(=O)N3C[C@H]4CCC[C@](O)(c5ccccc5)[C@H]4C3)CCCC2)cc1. The Balaban J connectivity index is 1.37. The molecule has 1 aliphatic heterocycles. The van der Waals surface area contributed by atoms with Gasteiger partial charge in [-0.05, 0) is 67.9 Å². The molecule has 0 spiro atoms. The topological polar surface area (TPSA) is 61.8 Å². The second-order valence-electron chi connectivity index (χ2n) is 9.90. The average Bonchev–Trinajstić information content (AvgIpc) is 3.49. The Bertz CT molecular complexity index is 939. The number of hydrogen-bond donors (Lipinski definition) is 2. The minimum absolute atomic E-state index is 0.0991. The maximum Gasteiger partial charge on any atom is 0.248 e. The Morgan fingerprint density at radius 2 is 1.72 bits per heavy atom. The number of ether oxygens (including phenoxy) is 1. The summed E-state index contributed by atoms with van der Waals surface area (Å²) in [5.41, 5.74) is 0.563. The molecule has 5 rings (SSSR count). The van der Waals surface area contributed by atoms with Gasteiger partial charge >= 0.3 is 0 Å². The van der Waals surface area contributed by atoms with Crippen LogP contribution in [-0.2, 0) is 10.4 Å². The van der Waals surface area contributed by atoms with Crippen LogP contribution in [0.3, 0.4) is 0 Å². The molecule has 1 amide bonds. The summed E-state index contributed by atoms with van der Waals surface area (Å²) in [6.45, 7) is 1.39. The van der Waals surface area contributed by atoms with Crippen molar-refractivity contribution in [1.82, 2.24) is 4.90 Å². The summed E-state index contributed by atoms with van der Waals surface area (Å²) in [4.78, 5) is 16.0. The summed E-state index contributed by atoms with van der Waals surface area (Å²) in [7, 11) is 1.66. The van der Waals surface area contributed by atoms with Crippen molar-refractivity contribution in [2.45, 2.75) is 56.1 Å². The van der Waals surface area contributed by atoms with Crippen LogP contribution in [0.4, 0.5) is 5.69 Å². The van der Waals surface area contributed by atoms with E-state index in [1.54, 1.807) is 7.11 Å². The molecule has 2 aromatic carbocycles. The largest absolute Gasteiger partial charge is 0.497 e. The monoisotopic (exact) mass is 434 g/mol. The van der Waals surface area contributed by atoms with Crippen molar-refractivity contribution in [3.8, 4) is 5.75 Å². The first-order chi connectivity index (χ1) is 15.5. The van der Waals surface area contributed by atoms with Crippen molar-refractivity contribution < 1.29 is 14.6 Å². The van der Waals surface area contributed by atoms with E-state index in [-0.39, 0.29) is 11.8 Å². The van der Waals surface area contributed by atoms with Crippen molar-refractivity contribution in [1.29, 1.82) is 0 Å². The molecule has 3 atom stereocenters. The van der Waals surface area contributed by atoms with Gasteiger partial charge in [-0.25, -0.2) is 0 Å². The maximum atomic E-state index is 13.9. The highest BCUT2D eigenvalue weighted by molar-refractivity contribution is 5.90. The molecule has 2 aromatic rings.